The maximum absolute atomic E-state index is 12.8. The molecule has 1 amide bonds. The molecule has 3 aromatic rings. The van der Waals surface area contributed by atoms with Gasteiger partial charge in [0.1, 0.15) is 5.76 Å². The smallest absolute Gasteiger partial charge is 0.232 e. The zero-order chi connectivity index (χ0) is 20.3. The van der Waals surface area contributed by atoms with Crippen LogP contribution in [-0.4, -0.2) is 32.2 Å². The number of benzene rings is 2. The lowest BCUT2D eigenvalue weighted by Crippen LogP contribution is -2.28. The molecule has 2 aromatic carbocycles. The topological polar surface area (TPSA) is 64.8 Å². The van der Waals surface area contributed by atoms with Gasteiger partial charge in [-0.05, 0) is 38.1 Å². The molecule has 0 saturated carbocycles. The maximum atomic E-state index is 12.8. The van der Waals surface area contributed by atoms with Gasteiger partial charge < -0.3 is 18.8 Å². The van der Waals surface area contributed by atoms with Crippen LogP contribution in [0.25, 0.3) is 11.5 Å². The molecule has 1 aromatic heterocycles. The van der Waals surface area contributed by atoms with Crippen LogP contribution in [0.1, 0.15) is 17.0 Å². The number of methoxy groups -OCH3 is 2. The number of carbonyl (C=O) groups excluding carboxylic acids is 1. The third-order valence-electron chi connectivity index (χ3n) is 4.64. The number of hydrogen-bond acceptors (Lipinski definition) is 5. The summed E-state index contributed by atoms with van der Waals surface area (Å²) in [7, 11) is 4.86. The molecule has 0 bridgehead atoms. The van der Waals surface area contributed by atoms with Crippen molar-refractivity contribution < 1.29 is 18.7 Å². The second-order valence-corrected chi connectivity index (χ2v) is 6.56. The summed E-state index contributed by atoms with van der Waals surface area (Å²) >= 11 is 0. The van der Waals surface area contributed by atoms with Gasteiger partial charge in [0.25, 0.3) is 0 Å². The van der Waals surface area contributed by atoms with Gasteiger partial charge >= 0.3 is 0 Å². The zero-order valence-electron chi connectivity index (χ0n) is 16.8. The van der Waals surface area contributed by atoms with Gasteiger partial charge in [0, 0.05) is 24.4 Å². The normalized spacial score (nSPS) is 10.6. The number of carbonyl (C=O) groups is 1. The average molecular weight is 380 g/mol. The van der Waals surface area contributed by atoms with Gasteiger partial charge in [-0.25, -0.2) is 4.98 Å². The van der Waals surface area contributed by atoms with E-state index in [1.54, 1.807) is 38.3 Å². The number of hydrogen-bond donors (Lipinski definition) is 0. The molecule has 0 atom stereocenters. The van der Waals surface area contributed by atoms with E-state index in [4.69, 9.17) is 13.9 Å². The van der Waals surface area contributed by atoms with Crippen molar-refractivity contribution in [3.63, 3.8) is 0 Å². The highest BCUT2D eigenvalue weighted by atomic mass is 16.5. The largest absolute Gasteiger partial charge is 0.493 e. The fraction of sp³-hybridized carbons (Fsp3) is 0.273. The van der Waals surface area contributed by atoms with E-state index in [2.05, 4.69) is 4.98 Å². The minimum absolute atomic E-state index is 0.0981. The van der Waals surface area contributed by atoms with Crippen molar-refractivity contribution in [1.82, 2.24) is 4.98 Å². The number of amides is 1. The van der Waals surface area contributed by atoms with E-state index < -0.39 is 0 Å². The Morgan fingerprint density at radius 2 is 1.71 bits per heavy atom. The van der Waals surface area contributed by atoms with E-state index in [-0.39, 0.29) is 12.3 Å². The Labute approximate surface area is 164 Å². The summed E-state index contributed by atoms with van der Waals surface area (Å²) in [6.07, 6.45) is 0.145. The van der Waals surface area contributed by atoms with Gasteiger partial charge in [0.2, 0.25) is 11.8 Å². The van der Waals surface area contributed by atoms with Crippen LogP contribution in [0.4, 0.5) is 5.69 Å². The van der Waals surface area contributed by atoms with E-state index in [0.717, 1.165) is 5.56 Å². The molecule has 0 unspecified atom stereocenters. The van der Waals surface area contributed by atoms with E-state index in [0.29, 0.717) is 34.5 Å². The molecule has 0 spiro atoms. The molecule has 0 aliphatic rings. The Hall–Kier alpha value is -3.28. The molecule has 6 nitrogen and oxygen atoms in total. The van der Waals surface area contributed by atoms with Crippen molar-refractivity contribution in [2.45, 2.75) is 20.3 Å². The van der Waals surface area contributed by atoms with Gasteiger partial charge in [0.15, 0.2) is 11.5 Å². The number of aryl methyl sites for hydroxylation is 2. The summed E-state index contributed by atoms with van der Waals surface area (Å²) in [5.41, 5.74) is 3.40. The van der Waals surface area contributed by atoms with Gasteiger partial charge in [-0.15, -0.1) is 0 Å². The first-order chi connectivity index (χ1) is 13.4. The molecular weight excluding hydrogens is 356 g/mol. The van der Waals surface area contributed by atoms with Crippen LogP contribution in [0.15, 0.2) is 46.9 Å². The zero-order valence-corrected chi connectivity index (χ0v) is 16.8. The third kappa shape index (κ3) is 4.01. The minimum atomic E-state index is -0.0981. The summed E-state index contributed by atoms with van der Waals surface area (Å²) in [5, 5.41) is 0. The lowest BCUT2D eigenvalue weighted by Gasteiger charge is -2.18. The van der Waals surface area contributed by atoms with Crippen molar-refractivity contribution in [2.75, 3.05) is 26.2 Å². The second-order valence-electron chi connectivity index (χ2n) is 6.56. The number of oxazole rings is 1. The predicted molar refractivity (Wildman–Crippen MR) is 108 cm³/mol. The maximum Gasteiger partial charge on any atom is 0.232 e. The molecule has 0 N–H and O–H groups in total. The van der Waals surface area contributed by atoms with Crippen LogP contribution in [0.5, 0.6) is 11.5 Å². The highest BCUT2D eigenvalue weighted by Crippen LogP contribution is 2.31. The van der Waals surface area contributed by atoms with Crippen LogP contribution < -0.4 is 14.4 Å². The van der Waals surface area contributed by atoms with E-state index in [9.17, 15) is 4.79 Å². The summed E-state index contributed by atoms with van der Waals surface area (Å²) in [5.74, 6) is 2.25. The molecular formula is C22H24N2O4. The summed E-state index contributed by atoms with van der Waals surface area (Å²) in [6, 6.07) is 13.3. The summed E-state index contributed by atoms with van der Waals surface area (Å²) < 4.78 is 16.3. The van der Waals surface area contributed by atoms with Crippen molar-refractivity contribution in [3.05, 3.63) is 59.5 Å². The summed E-state index contributed by atoms with van der Waals surface area (Å²) in [4.78, 5) is 18.9. The van der Waals surface area contributed by atoms with Gasteiger partial charge in [-0.1, -0.05) is 17.7 Å². The lowest BCUT2D eigenvalue weighted by atomic mass is 10.1. The molecule has 0 fully saturated rings. The van der Waals surface area contributed by atoms with Crippen LogP contribution in [0.2, 0.25) is 0 Å². The molecule has 146 valence electrons. The van der Waals surface area contributed by atoms with Crippen molar-refractivity contribution in [1.29, 1.82) is 0 Å². The number of likely N-dealkylation sites (N-methyl/N-ethyl adjacent to an activating group) is 1. The first-order valence-electron chi connectivity index (χ1n) is 8.95. The van der Waals surface area contributed by atoms with Crippen molar-refractivity contribution in [3.8, 4) is 23.0 Å². The Morgan fingerprint density at radius 3 is 2.36 bits per heavy atom. The number of aromatic nitrogens is 1. The highest BCUT2D eigenvalue weighted by molar-refractivity contribution is 5.94. The van der Waals surface area contributed by atoms with Crippen molar-refractivity contribution >= 4 is 11.6 Å². The van der Waals surface area contributed by atoms with Crippen LogP contribution in [0.3, 0.4) is 0 Å². The molecule has 3 rings (SSSR count). The SMILES string of the molecule is COc1ccc(N(C)C(=O)Cc2nc(-c3ccc(C)cc3)oc2C)cc1OC. The fourth-order valence-corrected chi connectivity index (χ4v) is 2.85. The highest BCUT2D eigenvalue weighted by Gasteiger charge is 2.19. The molecule has 0 aliphatic carbocycles. The predicted octanol–water partition coefficient (Wildman–Crippen LogP) is 4.18. The lowest BCUT2D eigenvalue weighted by molar-refractivity contribution is -0.117. The molecule has 28 heavy (non-hydrogen) atoms. The number of nitrogens with zero attached hydrogens (tertiary/aromatic N) is 2. The van der Waals surface area contributed by atoms with Crippen molar-refractivity contribution in [2.24, 2.45) is 0 Å². The first kappa shape index (κ1) is 19.5. The van der Waals surface area contributed by atoms with Gasteiger partial charge in [-0.3, -0.25) is 4.79 Å². The van der Waals surface area contributed by atoms with E-state index >= 15 is 0 Å². The average Bonchev–Trinajstić information content (AvgIpc) is 3.07. The number of ether oxygens (including phenoxy) is 2. The minimum Gasteiger partial charge on any atom is -0.493 e. The van der Waals surface area contributed by atoms with E-state index in [1.165, 1.54) is 5.56 Å². The molecule has 6 heteroatoms. The Morgan fingerprint density at radius 1 is 1.04 bits per heavy atom. The van der Waals surface area contributed by atoms with Crippen LogP contribution in [0, 0.1) is 13.8 Å². The fourth-order valence-electron chi connectivity index (χ4n) is 2.85. The molecule has 0 radical (unpaired) electrons. The Bertz CT molecular complexity index is 977. The quantitative estimate of drug-likeness (QED) is 0.642. The monoisotopic (exact) mass is 380 g/mol. The standard InChI is InChI=1S/C22H24N2O4/c1-14-6-8-16(9-7-14)22-23-18(15(2)28-22)13-21(25)24(3)17-10-11-19(26-4)20(12-17)27-5/h6-12H,13H2,1-5H3. The number of rotatable bonds is 6. The Balaban J connectivity index is 1.78. The van der Waals surface area contributed by atoms with Crippen LogP contribution >= 0.6 is 0 Å². The molecule has 0 saturated heterocycles. The van der Waals surface area contributed by atoms with Gasteiger partial charge in [0.05, 0.1) is 26.3 Å². The Kier molecular flexibility index (Phi) is 5.68. The van der Waals surface area contributed by atoms with Crippen LogP contribution in [-0.2, 0) is 11.2 Å². The molecule has 0 aliphatic heterocycles. The number of anilines is 1. The second kappa shape index (κ2) is 8.17. The van der Waals surface area contributed by atoms with Gasteiger partial charge in [-0.2, -0.15) is 0 Å². The molecule has 1 heterocycles. The van der Waals surface area contributed by atoms with E-state index in [1.807, 2.05) is 44.2 Å². The summed E-state index contributed by atoms with van der Waals surface area (Å²) in [6.45, 7) is 3.85. The first-order valence-corrected chi connectivity index (χ1v) is 8.95. The third-order valence-corrected chi connectivity index (χ3v) is 4.64.